The number of rotatable bonds is 5. The van der Waals surface area contributed by atoms with Gasteiger partial charge in [0.15, 0.2) is 11.3 Å². The van der Waals surface area contributed by atoms with Crippen LogP contribution in [0.15, 0.2) is 61.9 Å². The van der Waals surface area contributed by atoms with Gasteiger partial charge in [-0.25, -0.2) is 4.79 Å². The Hall–Kier alpha value is -2.16. The summed E-state index contributed by atoms with van der Waals surface area (Å²) in [7, 11) is 0. The molecule has 1 heterocycles. The first-order valence-corrected chi connectivity index (χ1v) is 11.5. The number of hydrogen-bond acceptors (Lipinski definition) is 5. The van der Waals surface area contributed by atoms with Crippen molar-refractivity contribution < 1.29 is 13.9 Å². The molecule has 0 saturated heterocycles. The maximum absolute atomic E-state index is 12.9. The molecule has 0 unspecified atom stereocenters. The maximum Gasteiger partial charge on any atom is 0.338 e. The van der Waals surface area contributed by atoms with Crippen LogP contribution in [0.1, 0.15) is 30.1 Å². The Labute approximate surface area is 212 Å². The van der Waals surface area contributed by atoms with Gasteiger partial charge in [0, 0.05) is 22.2 Å². The fourth-order valence-electron chi connectivity index (χ4n) is 3.52. The summed E-state index contributed by atoms with van der Waals surface area (Å²) < 4.78 is 12.9. The summed E-state index contributed by atoms with van der Waals surface area (Å²) in [4.78, 5) is 12.9. The van der Waals surface area contributed by atoms with Gasteiger partial charge in [0.1, 0.15) is 0 Å². The van der Waals surface area contributed by atoms with Crippen molar-refractivity contribution >= 4 is 71.5 Å². The summed E-state index contributed by atoms with van der Waals surface area (Å²) in [6.45, 7) is 2.43. The average molecular weight is 625 g/mol. The minimum absolute atomic E-state index is 0. The van der Waals surface area contributed by atoms with E-state index in [0.29, 0.717) is 43.5 Å². The predicted octanol–water partition coefficient (Wildman–Crippen LogP) is 7.33. The first-order chi connectivity index (χ1) is 14.9. The smallest absolute Gasteiger partial charge is 0.338 e. The standard InChI is InChI=1S/C24H20Br2N2O3.BrH/c1-2-3-12-30-24(29)14-7-5-4-6-13(14)19-15-8-10-17(27)20(25)22(15)31-23-16(19)9-11-18(28)21(23)26;/h4-11,27H,2-3,12,28H2,1H3;1H. The number of unbranched alkanes of at least 4 members (excludes halogenated alkanes) is 1. The topological polar surface area (TPSA) is 89.3 Å². The van der Waals surface area contributed by atoms with E-state index in [4.69, 9.17) is 20.3 Å². The SMILES string of the molecule is Br.CCCCOC(=O)c1ccccc1-c1c2ccc(=N)c(Br)c-2oc2c(Br)c(N)ccc12. The third kappa shape index (κ3) is 4.36. The van der Waals surface area contributed by atoms with Crippen molar-refractivity contribution in [1.29, 1.82) is 5.41 Å². The second-order valence-electron chi connectivity index (χ2n) is 7.16. The molecule has 32 heavy (non-hydrogen) atoms. The Bertz CT molecular complexity index is 1330. The fourth-order valence-corrected chi connectivity index (χ4v) is 4.38. The maximum atomic E-state index is 12.9. The van der Waals surface area contributed by atoms with Gasteiger partial charge in [-0.1, -0.05) is 31.5 Å². The molecule has 0 atom stereocenters. The lowest BCUT2D eigenvalue weighted by Gasteiger charge is -2.19. The summed E-state index contributed by atoms with van der Waals surface area (Å²) in [5, 5.41) is 9.27. The molecule has 2 aromatic rings. The lowest BCUT2D eigenvalue weighted by atomic mass is 9.90. The number of nitrogens with one attached hydrogen (secondary N) is 1. The fraction of sp³-hybridized carbons (Fsp3) is 0.167. The first-order valence-electron chi connectivity index (χ1n) is 9.88. The molecule has 0 aromatic heterocycles. The van der Waals surface area contributed by atoms with Gasteiger partial charge in [-0.05, 0) is 74.2 Å². The zero-order valence-corrected chi connectivity index (χ0v) is 22.1. The van der Waals surface area contributed by atoms with E-state index in [1.165, 1.54) is 0 Å². The van der Waals surface area contributed by atoms with Crippen LogP contribution in [0.3, 0.4) is 0 Å². The minimum Gasteiger partial charge on any atom is -0.462 e. The average Bonchev–Trinajstić information content (AvgIpc) is 2.78. The zero-order chi connectivity index (χ0) is 22.1. The molecule has 2 aromatic carbocycles. The van der Waals surface area contributed by atoms with Crippen LogP contribution in [-0.2, 0) is 4.74 Å². The van der Waals surface area contributed by atoms with Crippen LogP contribution in [0.4, 0.5) is 5.69 Å². The van der Waals surface area contributed by atoms with Crippen LogP contribution in [0.2, 0.25) is 0 Å². The number of fused-ring (bicyclic) bond motifs is 2. The monoisotopic (exact) mass is 622 g/mol. The normalized spacial score (nSPS) is 10.8. The van der Waals surface area contributed by atoms with Crippen LogP contribution in [-0.4, -0.2) is 12.6 Å². The van der Waals surface area contributed by atoms with Crippen LogP contribution in [0, 0.1) is 5.41 Å². The third-order valence-corrected chi connectivity index (χ3v) is 6.72. The molecule has 0 radical (unpaired) electrons. The van der Waals surface area contributed by atoms with Gasteiger partial charge >= 0.3 is 5.97 Å². The molecule has 4 rings (SSSR count). The summed E-state index contributed by atoms with van der Waals surface area (Å²) >= 11 is 7.02. The Morgan fingerprint density at radius 2 is 1.81 bits per heavy atom. The number of hydrogen-bond donors (Lipinski definition) is 2. The minimum atomic E-state index is -0.364. The van der Waals surface area contributed by atoms with E-state index in [0.717, 1.165) is 34.9 Å². The highest BCUT2D eigenvalue weighted by molar-refractivity contribution is 9.11. The van der Waals surface area contributed by atoms with E-state index in [1.807, 2.05) is 30.3 Å². The molecular formula is C24H21Br3N2O3. The molecule has 1 aliphatic heterocycles. The molecule has 0 amide bonds. The van der Waals surface area contributed by atoms with Gasteiger partial charge in [-0.2, -0.15) is 0 Å². The van der Waals surface area contributed by atoms with E-state index in [1.54, 1.807) is 18.2 Å². The molecule has 0 saturated carbocycles. The number of halogens is 3. The number of esters is 1. The molecule has 0 spiro atoms. The second kappa shape index (κ2) is 10.2. The van der Waals surface area contributed by atoms with Gasteiger partial charge < -0.3 is 14.9 Å². The van der Waals surface area contributed by atoms with Crippen molar-refractivity contribution in [2.75, 3.05) is 12.3 Å². The Balaban J connectivity index is 0.00000289. The number of carbonyl (C=O) groups excluding carboxylic acids is 1. The zero-order valence-electron chi connectivity index (χ0n) is 17.2. The lowest BCUT2D eigenvalue weighted by Crippen LogP contribution is -2.09. The van der Waals surface area contributed by atoms with E-state index in [2.05, 4.69) is 38.8 Å². The largest absolute Gasteiger partial charge is 0.462 e. The highest BCUT2D eigenvalue weighted by Crippen LogP contribution is 2.45. The van der Waals surface area contributed by atoms with E-state index in [9.17, 15) is 4.79 Å². The predicted molar refractivity (Wildman–Crippen MR) is 139 cm³/mol. The molecule has 5 nitrogen and oxygen atoms in total. The van der Waals surface area contributed by atoms with Crippen molar-refractivity contribution in [3.05, 3.63) is 68.4 Å². The molecule has 0 fully saturated rings. The van der Waals surface area contributed by atoms with Crippen LogP contribution < -0.4 is 11.1 Å². The highest BCUT2D eigenvalue weighted by Gasteiger charge is 2.25. The van der Waals surface area contributed by atoms with Crippen LogP contribution in [0.5, 0.6) is 0 Å². The van der Waals surface area contributed by atoms with E-state index in [-0.39, 0.29) is 23.0 Å². The van der Waals surface area contributed by atoms with E-state index < -0.39 is 0 Å². The van der Waals surface area contributed by atoms with Gasteiger partial charge in [0.25, 0.3) is 0 Å². The van der Waals surface area contributed by atoms with Crippen molar-refractivity contribution in [3.8, 4) is 22.5 Å². The molecule has 0 bridgehead atoms. The Kier molecular flexibility index (Phi) is 7.79. The number of carbonyl (C=O) groups is 1. The van der Waals surface area contributed by atoms with Crippen molar-refractivity contribution in [1.82, 2.24) is 0 Å². The van der Waals surface area contributed by atoms with Gasteiger partial charge in [0.2, 0.25) is 0 Å². The Morgan fingerprint density at radius 1 is 1.06 bits per heavy atom. The molecule has 2 aliphatic rings. The summed E-state index contributed by atoms with van der Waals surface area (Å²) in [6.07, 6.45) is 1.76. The molecule has 1 aliphatic carbocycles. The van der Waals surface area contributed by atoms with Crippen LogP contribution >= 0.6 is 48.8 Å². The summed E-state index contributed by atoms with van der Waals surface area (Å²) in [5.74, 6) is 0.146. The molecule has 166 valence electrons. The quantitative estimate of drug-likeness (QED) is 0.105. The van der Waals surface area contributed by atoms with Crippen LogP contribution in [0.25, 0.3) is 33.4 Å². The van der Waals surface area contributed by atoms with Gasteiger partial charge in [-0.3, -0.25) is 5.41 Å². The number of anilines is 1. The first kappa shape index (κ1) is 24.5. The number of ether oxygens (including phenoxy) is 1. The van der Waals surface area contributed by atoms with Crippen molar-refractivity contribution in [2.24, 2.45) is 0 Å². The van der Waals surface area contributed by atoms with Crippen molar-refractivity contribution in [2.45, 2.75) is 19.8 Å². The highest BCUT2D eigenvalue weighted by atomic mass is 79.9. The lowest BCUT2D eigenvalue weighted by molar-refractivity contribution is 0.0500. The summed E-state index contributed by atoms with van der Waals surface area (Å²) in [5.41, 5.74) is 9.99. The van der Waals surface area contributed by atoms with Gasteiger partial charge in [-0.15, -0.1) is 17.0 Å². The van der Waals surface area contributed by atoms with Crippen molar-refractivity contribution in [3.63, 3.8) is 0 Å². The third-order valence-electron chi connectivity index (χ3n) is 5.11. The molecular weight excluding hydrogens is 604 g/mol. The Morgan fingerprint density at radius 3 is 2.56 bits per heavy atom. The molecule has 3 N–H and O–H groups in total. The number of benzene rings is 3. The summed E-state index contributed by atoms with van der Waals surface area (Å²) in [6, 6.07) is 14.6. The van der Waals surface area contributed by atoms with Gasteiger partial charge in [0.05, 0.1) is 26.5 Å². The second-order valence-corrected chi connectivity index (χ2v) is 8.75. The number of nitrogen functional groups attached to an aromatic ring is 1. The molecule has 8 heteroatoms. The van der Waals surface area contributed by atoms with E-state index >= 15 is 0 Å². The number of nitrogens with two attached hydrogens (primary N) is 1.